The monoisotopic (exact) mass is 485 g/mol. The van der Waals surface area contributed by atoms with E-state index in [4.69, 9.17) is 0 Å². The molecule has 2 N–H and O–H groups in total. The summed E-state index contributed by atoms with van der Waals surface area (Å²) in [5.41, 5.74) is 2.76. The number of amidine groups is 1. The summed E-state index contributed by atoms with van der Waals surface area (Å²) in [5, 5.41) is 6.22. The Labute approximate surface area is 206 Å². The fourth-order valence-corrected chi connectivity index (χ4v) is 4.35. The predicted octanol–water partition coefficient (Wildman–Crippen LogP) is 3.26. The summed E-state index contributed by atoms with van der Waals surface area (Å²) in [6.45, 7) is 7.15. The van der Waals surface area contributed by atoms with Gasteiger partial charge in [-0.25, -0.2) is 19.2 Å². The number of hydrogen-bond donors (Lipinski definition) is 2. The molecule has 2 amide bonds. The molecule has 34 heavy (non-hydrogen) atoms. The van der Waals surface area contributed by atoms with E-state index < -0.39 is 11.4 Å². The topological polar surface area (TPSA) is 85.8 Å². The van der Waals surface area contributed by atoms with Crippen molar-refractivity contribution in [3.05, 3.63) is 64.9 Å². The van der Waals surface area contributed by atoms with Gasteiger partial charge in [0.25, 0.3) is 0 Å². The normalized spacial score (nSPS) is 17.3. The maximum Gasteiger partial charge on any atom is 0.318 e. The maximum absolute atomic E-state index is 14.4. The summed E-state index contributed by atoms with van der Waals surface area (Å²) < 4.78 is 14.4. The summed E-state index contributed by atoms with van der Waals surface area (Å²) in [4.78, 5) is 29.8. The molecule has 10 heteroatoms. The minimum Gasteiger partial charge on any atom is -0.330 e. The van der Waals surface area contributed by atoms with Crippen LogP contribution >= 0.6 is 13.5 Å². The molecule has 0 unspecified atom stereocenters. The molecule has 1 atom stereocenters. The van der Waals surface area contributed by atoms with E-state index in [1.54, 1.807) is 6.92 Å². The van der Waals surface area contributed by atoms with Crippen molar-refractivity contribution in [3.63, 3.8) is 0 Å². The molecule has 182 valence electrons. The average Bonchev–Trinajstić information content (AvgIpc) is 3.29. The van der Waals surface area contributed by atoms with Gasteiger partial charge in [0, 0.05) is 12.1 Å². The van der Waals surface area contributed by atoms with Crippen LogP contribution in [0.2, 0.25) is 0 Å². The van der Waals surface area contributed by atoms with Crippen LogP contribution < -0.4 is 10.6 Å². The van der Waals surface area contributed by atoms with Crippen molar-refractivity contribution in [1.82, 2.24) is 25.1 Å². The van der Waals surface area contributed by atoms with Gasteiger partial charge in [-0.2, -0.15) is 13.5 Å². The summed E-state index contributed by atoms with van der Waals surface area (Å²) in [7, 11) is 3.97. The number of nitrogens with zero attached hydrogens (tertiary/aromatic N) is 5. The average molecular weight is 486 g/mol. The first-order valence-electron chi connectivity index (χ1n) is 11.0. The van der Waals surface area contributed by atoms with Crippen LogP contribution in [-0.4, -0.2) is 70.9 Å². The Bertz CT molecular complexity index is 1120. The SMILES string of the molecule is Cc1ncnc(NC2=NCC3=C2CN(C(=O)N[C@H](CN(C)C)c2ccccc2)C3(C)C)c1F.S. The van der Waals surface area contributed by atoms with Gasteiger partial charge in [-0.05, 0) is 46.0 Å². The Balaban J connectivity index is 0.00000324. The number of rotatable bonds is 5. The summed E-state index contributed by atoms with van der Waals surface area (Å²) in [6, 6.07) is 9.66. The Morgan fingerprint density at radius 1 is 1.24 bits per heavy atom. The van der Waals surface area contributed by atoms with Crippen LogP contribution in [-0.2, 0) is 0 Å². The molecule has 1 aromatic carbocycles. The number of nitrogens with one attached hydrogen (secondary N) is 2. The van der Waals surface area contributed by atoms with E-state index in [-0.39, 0.29) is 37.1 Å². The van der Waals surface area contributed by atoms with Crippen molar-refractivity contribution in [2.24, 2.45) is 4.99 Å². The van der Waals surface area contributed by atoms with Gasteiger partial charge in [0.05, 0.1) is 30.4 Å². The van der Waals surface area contributed by atoms with Gasteiger partial charge >= 0.3 is 6.03 Å². The third-order valence-electron chi connectivity index (χ3n) is 6.27. The molecule has 4 rings (SSSR count). The molecule has 2 aromatic rings. The lowest BCUT2D eigenvalue weighted by atomic mass is 9.94. The predicted molar refractivity (Wildman–Crippen MR) is 137 cm³/mol. The van der Waals surface area contributed by atoms with Crippen molar-refractivity contribution in [1.29, 1.82) is 0 Å². The van der Waals surface area contributed by atoms with Crippen LogP contribution in [0.25, 0.3) is 0 Å². The largest absolute Gasteiger partial charge is 0.330 e. The molecule has 0 saturated carbocycles. The van der Waals surface area contributed by atoms with Gasteiger partial charge < -0.3 is 20.4 Å². The molecule has 0 fully saturated rings. The third kappa shape index (κ3) is 4.92. The first-order valence-corrected chi connectivity index (χ1v) is 11.0. The molecule has 0 aliphatic carbocycles. The zero-order valence-electron chi connectivity index (χ0n) is 20.2. The van der Waals surface area contributed by atoms with Crippen LogP contribution in [0, 0.1) is 12.7 Å². The molecule has 8 nitrogen and oxygen atoms in total. The number of likely N-dealkylation sites (N-methyl/N-ethyl adjacent to an activating group) is 1. The molecule has 0 bridgehead atoms. The molecule has 0 saturated heterocycles. The van der Waals surface area contributed by atoms with Gasteiger partial charge in [-0.3, -0.25) is 4.99 Å². The highest BCUT2D eigenvalue weighted by Crippen LogP contribution is 2.38. The number of amides is 2. The lowest BCUT2D eigenvalue weighted by molar-refractivity contribution is 0.165. The van der Waals surface area contributed by atoms with Gasteiger partial charge in [0.1, 0.15) is 12.2 Å². The van der Waals surface area contributed by atoms with Crippen LogP contribution in [0.3, 0.4) is 0 Å². The zero-order chi connectivity index (χ0) is 23.8. The van der Waals surface area contributed by atoms with Crippen LogP contribution in [0.1, 0.15) is 31.1 Å². The number of benzene rings is 1. The lowest BCUT2D eigenvalue weighted by Crippen LogP contribution is -2.52. The smallest absolute Gasteiger partial charge is 0.318 e. The Morgan fingerprint density at radius 3 is 2.62 bits per heavy atom. The van der Waals surface area contributed by atoms with E-state index in [2.05, 4.69) is 30.5 Å². The van der Waals surface area contributed by atoms with Gasteiger partial charge in [0.15, 0.2) is 11.6 Å². The van der Waals surface area contributed by atoms with E-state index in [1.165, 1.54) is 6.33 Å². The Morgan fingerprint density at radius 2 is 1.94 bits per heavy atom. The van der Waals surface area contributed by atoms with Crippen LogP contribution in [0.5, 0.6) is 0 Å². The quantitative estimate of drug-likeness (QED) is 0.679. The number of anilines is 1. The highest BCUT2D eigenvalue weighted by Gasteiger charge is 2.45. The number of halogens is 1. The van der Waals surface area contributed by atoms with E-state index in [0.717, 1.165) is 16.7 Å². The number of hydrogen-bond acceptors (Lipinski definition) is 6. The number of aryl methyl sites for hydroxylation is 1. The molecule has 2 aliphatic heterocycles. The number of carbonyl (C=O) groups excluding carboxylic acids is 1. The van der Waals surface area contributed by atoms with Crippen molar-refractivity contribution in [2.75, 3.05) is 39.0 Å². The lowest BCUT2D eigenvalue weighted by Gasteiger charge is -2.36. The summed E-state index contributed by atoms with van der Waals surface area (Å²) in [5.74, 6) is 0.139. The number of aromatic nitrogens is 2. The highest BCUT2D eigenvalue weighted by molar-refractivity contribution is 7.59. The second-order valence-corrected chi connectivity index (χ2v) is 9.19. The van der Waals surface area contributed by atoms with Crippen LogP contribution in [0.4, 0.5) is 15.0 Å². The van der Waals surface area contributed by atoms with Gasteiger partial charge in [0.2, 0.25) is 0 Å². The van der Waals surface area contributed by atoms with E-state index in [9.17, 15) is 9.18 Å². The molecule has 1 aromatic heterocycles. The third-order valence-corrected chi connectivity index (χ3v) is 6.27. The number of carbonyl (C=O) groups is 1. The van der Waals surface area contributed by atoms with Gasteiger partial charge in [-0.1, -0.05) is 30.3 Å². The highest BCUT2D eigenvalue weighted by atomic mass is 32.1. The van der Waals surface area contributed by atoms with Crippen molar-refractivity contribution < 1.29 is 9.18 Å². The maximum atomic E-state index is 14.4. The molecule has 0 spiro atoms. The first-order chi connectivity index (χ1) is 15.7. The van der Waals surface area contributed by atoms with Crippen molar-refractivity contribution in [2.45, 2.75) is 32.4 Å². The summed E-state index contributed by atoms with van der Waals surface area (Å²) >= 11 is 0. The van der Waals surface area contributed by atoms with Gasteiger partial charge in [-0.15, -0.1) is 0 Å². The van der Waals surface area contributed by atoms with E-state index in [1.807, 2.05) is 63.2 Å². The molecular formula is C24H32FN7OS. The second kappa shape index (κ2) is 10.1. The fraction of sp³-hybridized carbons (Fsp3) is 0.417. The molecule has 3 heterocycles. The minimum atomic E-state index is -0.522. The standard InChI is InChI=1S/C24H30FN7O.H2S/c1-15-20(25)22(28-14-27-15)30-21-17-12-32(24(2,3)18(17)11-26-21)23(33)29-19(13-31(4)5)16-9-7-6-8-10-16;/h6-10,14,19H,11-13H2,1-5H3,(H,29,33)(H,26,27,28,30);1H2/t19-;/m1./s1. The molecule has 0 radical (unpaired) electrons. The second-order valence-electron chi connectivity index (χ2n) is 9.19. The van der Waals surface area contributed by atoms with E-state index >= 15 is 0 Å². The molecule has 2 aliphatic rings. The Hall–Kier alpha value is -2.98. The fourth-order valence-electron chi connectivity index (χ4n) is 4.35. The minimum absolute atomic E-state index is 0. The number of urea groups is 1. The van der Waals surface area contributed by atoms with Crippen molar-refractivity contribution in [3.8, 4) is 0 Å². The van der Waals surface area contributed by atoms with Crippen molar-refractivity contribution >= 4 is 31.2 Å². The molecular weight excluding hydrogens is 453 g/mol. The zero-order valence-corrected chi connectivity index (χ0v) is 21.2. The summed E-state index contributed by atoms with van der Waals surface area (Å²) in [6.07, 6.45) is 1.32. The number of aliphatic imine (C=N–C) groups is 1. The van der Waals surface area contributed by atoms with E-state index in [0.29, 0.717) is 25.5 Å². The Kier molecular flexibility index (Phi) is 7.62. The van der Waals surface area contributed by atoms with Crippen LogP contribution in [0.15, 0.2) is 52.8 Å². The first kappa shape index (κ1) is 25.6.